The van der Waals surface area contributed by atoms with E-state index in [-0.39, 0.29) is 5.91 Å². The number of para-hydroxylation sites is 1. The summed E-state index contributed by atoms with van der Waals surface area (Å²) in [5.41, 5.74) is 1.73. The van der Waals surface area contributed by atoms with Crippen molar-refractivity contribution in [3.8, 4) is 11.5 Å². The van der Waals surface area contributed by atoms with Crippen molar-refractivity contribution in [3.05, 3.63) is 78.1 Å². The molecule has 2 aromatic heterocycles. The first-order valence-electron chi connectivity index (χ1n) is 9.46. The van der Waals surface area contributed by atoms with Gasteiger partial charge in [-0.1, -0.05) is 42.1 Å². The molecule has 0 aliphatic heterocycles. The number of aromatic nitrogens is 4. The third-order valence-corrected chi connectivity index (χ3v) is 5.39. The van der Waals surface area contributed by atoms with Crippen LogP contribution in [0.15, 0.2) is 71.8 Å². The Balaban J connectivity index is 1.30. The minimum Gasteiger partial charge on any atom is -0.457 e. The summed E-state index contributed by atoms with van der Waals surface area (Å²) in [5, 5.41) is 13.2. The van der Waals surface area contributed by atoms with Gasteiger partial charge in [0.15, 0.2) is 11.5 Å². The summed E-state index contributed by atoms with van der Waals surface area (Å²) in [6.07, 6.45) is 0. The topological polar surface area (TPSA) is 72.6 Å². The number of aryl methyl sites for hydroxylation is 1. The second kappa shape index (κ2) is 8.96. The monoisotopic (exact) mass is 419 g/mol. The summed E-state index contributed by atoms with van der Waals surface area (Å²) in [7, 11) is 1.80. The summed E-state index contributed by atoms with van der Waals surface area (Å²) in [5.74, 6) is 2.62. The van der Waals surface area contributed by atoms with Crippen molar-refractivity contribution in [1.29, 1.82) is 0 Å². The van der Waals surface area contributed by atoms with Gasteiger partial charge < -0.3 is 9.64 Å². The molecule has 30 heavy (non-hydrogen) atoms. The molecular formula is C22H21N5O2S. The minimum absolute atomic E-state index is 0.0342. The number of benzene rings is 2. The van der Waals surface area contributed by atoms with Gasteiger partial charge in [0.05, 0.1) is 5.75 Å². The first-order chi connectivity index (χ1) is 14.6. The van der Waals surface area contributed by atoms with E-state index in [0.717, 1.165) is 27.9 Å². The van der Waals surface area contributed by atoms with Crippen LogP contribution in [-0.2, 0) is 11.3 Å². The standard InChI is InChI=1S/C22H21N5O2S/c1-16-23-24-20-12-13-21(25-27(16)20)30-15-22(28)26(2)14-17-8-10-19(11-9-17)29-18-6-4-3-5-7-18/h3-13H,14-15H2,1-2H3. The van der Waals surface area contributed by atoms with Crippen molar-refractivity contribution in [3.63, 3.8) is 0 Å². The highest BCUT2D eigenvalue weighted by Crippen LogP contribution is 2.22. The van der Waals surface area contributed by atoms with Crippen LogP contribution >= 0.6 is 11.8 Å². The lowest BCUT2D eigenvalue weighted by molar-refractivity contribution is -0.127. The summed E-state index contributed by atoms with van der Waals surface area (Å²) < 4.78 is 7.48. The molecule has 0 unspecified atom stereocenters. The van der Waals surface area contributed by atoms with E-state index in [4.69, 9.17) is 4.74 Å². The molecule has 0 spiro atoms. The van der Waals surface area contributed by atoms with E-state index < -0.39 is 0 Å². The number of carbonyl (C=O) groups excluding carboxylic acids is 1. The van der Waals surface area contributed by atoms with Gasteiger partial charge in [-0.05, 0) is 48.9 Å². The fourth-order valence-corrected chi connectivity index (χ4v) is 3.65. The van der Waals surface area contributed by atoms with E-state index in [9.17, 15) is 4.79 Å². The predicted molar refractivity (Wildman–Crippen MR) is 116 cm³/mol. The maximum atomic E-state index is 12.5. The number of rotatable bonds is 7. The zero-order valence-corrected chi connectivity index (χ0v) is 17.5. The molecule has 0 aliphatic carbocycles. The lowest BCUT2D eigenvalue weighted by atomic mass is 10.2. The first-order valence-corrected chi connectivity index (χ1v) is 10.4. The molecule has 152 valence electrons. The molecule has 4 rings (SSSR count). The van der Waals surface area contributed by atoms with E-state index in [1.165, 1.54) is 11.8 Å². The van der Waals surface area contributed by atoms with Crippen LogP contribution in [0.25, 0.3) is 5.65 Å². The molecule has 0 bridgehead atoms. The number of hydrogen-bond acceptors (Lipinski definition) is 6. The highest BCUT2D eigenvalue weighted by atomic mass is 32.2. The van der Waals surface area contributed by atoms with Gasteiger partial charge >= 0.3 is 0 Å². The van der Waals surface area contributed by atoms with Gasteiger partial charge in [0, 0.05) is 13.6 Å². The van der Waals surface area contributed by atoms with Crippen molar-refractivity contribution in [2.75, 3.05) is 12.8 Å². The van der Waals surface area contributed by atoms with E-state index in [1.807, 2.05) is 73.7 Å². The van der Waals surface area contributed by atoms with Crippen molar-refractivity contribution in [1.82, 2.24) is 24.7 Å². The summed E-state index contributed by atoms with van der Waals surface area (Å²) in [6.45, 7) is 2.37. The van der Waals surface area contributed by atoms with Crippen LogP contribution in [-0.4, -0.2) is 43.4 Å². The van der Waals surface area contributed by atoms with Gasteiger partial charge in [0.25, 0.3) is 0 Å². The molecule has 0 aliphatic rings. The molecule has 0 saturated carbocycles. The largest absolute Gasteiger partial charge is 0.457 e. The lowest BCUT2D eigenvalue weighted by Gasteiger charge is -2.17. The van der Waals surface area contributed by atoms with Crippen molar-refractivity contribution < 1.29 is 9.53 Å². The molecule has 8 heteroatoms. The van der Waals surface area contributed by atoms with Crippen LogP contribution < -0.4 is 4.74 Å². The van der Waals surface area contributed by atoms with E-state index in [2.05, 4.69) is 15.3 Å². The molecule has 0 fully saturated rings. The van der Waals surface area contributed by atoms with Gasteiger partial charge in [0.2, 0.25) is 5.91 Å². The average molecular weight is 420 g/mol. The number of thioether (sulfide) groups is 1. The number of ether oxygens (including phenoxy) is 1. The number of amides is 1. The minimum atomic E-state index is 0.0342. The first kappa shape index (κ1) is 19.9. The van der Waals surface area contributed by atoms with Crippen LogP contribution in [0.1, 0.15) is 11.4 Å². The predicted octanol–water partition coefficient (Wildman–Crippen LogP) is 3.98. The number of fused-ring (bicyclic) bond motifs is 1. The molecule has 4 aromatic rings. The maximum absolute atomic E-state index is 12.5. The third kappa shape index (κ3) is 4.77. The molecule has 2 heterocycles. The molecular weight excluding hydrogens is 398 g/mol. The van der Waals surface area contributed by atoms with Crippen molar-refractivity contribution in [2.24, 2.45) is 0 Å². The highest BCUT2D eigenvalue weighted by Gasteiger charge is 2.12. The Hall–Kier alpha value is -3.39. The zero-order valence-electron chi connectivity index (χ0n) is 16.7. The third-order valence-electron chi connectivity index (χ3n) is 4.49. The number of carbonyl (C=O) groups is 1. The highest BCUT2D eigenvalue weighted by molar-refractivity contribution is 7.99. The van der Waals surface area contributed by atoms with Crippen molar-refractivity contribution >= 4 is 23.3 Å². The van der Waals surface area contributed by atoms with Crippen LogP contribution in [0.5, 0.6) is 11.5 Å². The van der Waals surface area contributed by atoms with Crippen LogP contribution in [0.4, 0.5) is 0 Å². The Morgan fingerprint density at radius 2 is 1.73 bits per heavy atom. The van der Waals surface area contributed by atoms with Gasteiger partial charge in [-0.2, -0.15) is 9.61 Å². The van der Waals surface area contributed by atoms with E-state index in [0.29, 0.717) is 17.9 Å². The van der Waals surface area contributed by atoms with E-state index in [1.54, 1.807) is 16.5 Å². The normalized spacial score (nSPS) is 10.9. The number of nitrogens with zero attached hydrogens (tertiary/aromatic N) is 5. The van der Waals surface area contributed by atoms with Crippen LogP contribution in [0, 0.1) is 6.92 Å². The van der Waals surface area contributed by atoms with Gasteiger partial charge in [-0.15, -0.1) is 10.2 Å². The Bertz CT molecular complexity index is 1150. The molecule has 2 aromatic carbocycles. The lowest BCUT2D eigenvalue weighted by Crippen LogP contribution is -2.27. The molecule has 1 amide bonds. The van der Waals surface area contributed by atoms with Gasteiger partial charge in [0.1, 0.15) is 16.5 Å². The van der Waals surface area contributed by atoms with Gasteiger partial charge in [-0.25, -0.2) is 0 Å². The molecule has 0 radical (unpaired) electrons. The average Bonchev–Trinajstić information content (AvgIpc) is 3.14. The number of hydrogen-bond donors (Lipinski definition) is 0. The van der Waals surface area contributed by atoms with Gasteiger partial charge in [-0.3, -0.25) is 4.79 Å². The summed E-state index contributed by atoms with van der Waals surface area (Å²) in [6, 6.07) is 21.1. The van der Waals surface area contributed by atoms with E-state index >= 15 is 0 Å². The van der Waals surface area contributed by atoms with Crippen LogP contribution in [0.3, 0.4) is 0 Å². The molecule has 0 N–H and O–H groups in total. The molecule has 0 saturated heterocycles. The Morgan fingerprint density at radius 3 is 2.50 bits per heavy atom. The second-order valence-corrected chi connectivity index (χ2v) is 7.78. The van der Waals surface area contributed by atoms with Crippen molar-refractivity contribution in [2.45, 2.75) is 18.5 Å². The maximum Gasteiger partial charge on any atom is 0.233 e. The van der Waals surface area contributed by atoms with Crippen LogP contribution in [0.2, 0.25) is 0 Å². The Morgan fingerprint density at radius 1 is 1.00 bits per heavy atom. The summed E-state index contributed by atoms with van der Waals surface area (Å²) >= 11 is 1.40. The quantitative estimate of drug-likeness (QED) is 0.422. The molecule has 0 atom stereocenters. The fourth-order valence-electron chi connectivity index (χ4n) is 2.85. The molecule has 7 nitrogen and oxygen atoms in total. The summed E-state index contributed by atoms with van der Waals surface area (Å²) in [4.78, 5) is 14.2. The SMILES string of the molecule is Cc1nnc2ccc(SCC(=O)N(C)Cc3ccc(Oc4ccccc4)cc3)nn12. The Labute approximate surface area is 178 Å². The Kier molecular flexibility index (Phi) is 5.94. The fraction of sp³-hybridized carbons (Fsp3) is 0.182. The second-order valence-electron chi connectivity index (χ2n) is 6.79. The zero-order chi connectivity index (χ0) is 20.9. The smallest absolute Gasteiger partial charge is 0.233 e.